The third kappa shape index (κ3) is 5.94. The summed E-state index contributed by atoms with van der Waals surface area (Å²) in [6.45, 7) is 1.81. The van der Waals surface area contributed by atoms with E-state index in [0.29, 0.717) is 46.1 Å². The van der Waals surface area contributed by atoms with Gasteiger partial charge in [0.05, 0.1) is 22.2 Å². The predicted octanol–water partition coefficient (Wildman–Crippen LogP) is 4.71. The van der Waals surface area contributed by atoms with E-state index in [1.165, 1.54) is 0 Å². The second kappa shape index (κ2) is 10.1. The first-order valence-corrected chi connectivity index (χ1v) is 8.93. The van der Waals surface area contributed by atoms with Crippen molar-refractivity contribution in [2.24, 2.45) is 0 Å². The number of halogens is 3. The van der Waals surface area contributed by atoms with E-state index >= 15 is 0 Å². The maximum Gasteiger partial charge on any atom is 0.180 e. The van der Waals surface area contributed by atoms with E-state index in [4.69, 9.17) is 49.4 Å². The molecule has 2 rings (SSSR count). The Morgan fingerprint density at radius 2 is 1.76 bits per heavy atom. The summed E-state index contributed by atoms with van der Waals surface area (Å²) in [5, 5.41) is 13.5. The summed E-state index contributed by atoms with van der Waals surface area (Å²) in [6, 6.07) is 9.03. The van der Waals surface area contributed by atoms with Gasteiger partial charge in [-0.3, -0.25) is 0 Å². The van der Waals surface area contributed by atoms with Crippen molar-refractivity contribution in [2.45, 2.75) is 19.6 Å². The number of hydrogen-bond donors (Lipinski definition) is 2. The van der Waals surface area contributed by atoms with E-state index in [2.05, 4.69) is 5.32 Å². The van der Waals surface area contributed by atoms with Gasteiger partial charge in [0.25, 0.3) is 0 Å². The molecule has 25 heavy (non-hydrogen) atoms. The highest BCUT2D eigenvalue weighted by molar-refractivity contribution is 6.42. The predicted molar refractivity (Wildman–Crippen MR) is 102 cm³/mol. The van der Waals surface area contributed by atoms with Crippen LogP contribution < -0.4 is 14.8 Å². The molecule has 0 aromatic heterocycles. The van der Waals surface area contributed by atoms with E-state index < -0.39 is 0 Å². The van der Waals surface area contributed by atoms with Crippen molar-refractivity contribution in [3.05, 3.63) is 56.5 Å². The van der Waals surface area contributed by atoms with Crippen LogP contribution in [0.15, 0.2) is 30.3 Å². The van der Waals surface area contributed by atoms with E-state index in [1.807, 2.05) is 18.2 Å². The molecule has 0 saturated carbocycles. The average Bonchev–Trinajstić information content (AvgIpc) is 2.60. The van der Waals surface area contributed by atoms with E-state index in [1.54, 1.807) is 19.2 Å². The topological polar surface area (TPSA) is 50.7 Å². The van der Waals surface area contributed by atoms with Crippen LogP contribution in [0.5, 0.6) is 11.5 Å². The fourth-order valence-corrected chi connectivity index (χ4v) is 2.85. The van der Waals surface area contributed by atoms with Gasteiger partial charge in [0, 0.05) is 13.2 Å². The van der Waals surface area contributed by atoms with Crippen molar-refractivity contribution in [1.82, 2.24) is 5.32 Å². The molecule has 0 atom stereocenters. The summed E-state index contributed by atoms with van der Waals surface area (Å²) in [5.74, 6) is 1.04. The van der Waals surface area contributed by atoms with Crippen molar-refractivity contribution in [1.29, 1.82) is 0 Å². The van der Waals surface area contributed by atoms with Crippen LogP contribution in [0.3, 0.4) is 0 Å². The van der Waals surface area contributed by atoms with E-state index in [0.717, 1.165) is 17.7 Å². The minimum Gasteiger partial charge on any atom is -0.493 e. The number of rotatable bonds is 9. The molecule has 0 aliphatic carbocycles. The van der Waals surface area contributed by atoms with Gasteiger partial charge in [0.15, 0.2) is 11.5 Å². The number of aliphatic hydroxyl groups is 1. The molecular weight excluding hydrogens is 385 g/mol. The van der Waals surface area contributed by atoms with Crippen LogP contribution in [0.1, 0.15) is 17.5 Å². The summed E-state index contributed by atoms with van der Waals surface area (Å²) in [5.41, 5.74) is 1.85. The van der Waals surface area contributed by atoms with E-state index in [9.17, 15) is 0 Å². The molecule has 0 spiro atoms. The molecule has 0 aliphatic rings. The third-order valence-electron chi connectivity index (χ3n) is 3.50. The van der Waals surface area contributed by atoms with Crippen LogP contribution in [-0.4, -0.2) is 25.4 Å². The molecule has 0 radical (unpaired) electrons. The number of benzene rings is 2. The molecule has 7 heteroatoms. The Morgan fingerprint density at radius 1 is 1.00 bits per heavy atom. The molecule has 0 amide bonds. The van der Waals surface area contributed by atoms with Gasteiger partial charge in [0.1, 0.15) is 6.61 Å². The van der Waals surface area contributed by atoms with Gasteiger partial charge in [-0.05, 0) is 48.4 Å². The number of aliphatic hydroxyl groups excluding tert-OH is 1. The molecule has 0 fully saturated rings. The van der Waals surface area contributed by atoms with Crippen molar-refractivity contribution in [3.8, 4) is 11.5 Å². The Kier molecular flexibility index (Phi) is 8.13. The average molecular weight is 405 g/mol. The Balaban J connectivity index is 2.07. The summed E-state index contributed by atoms with van der Waals surface area (Å²) in [7, 11) is 1.57. The minimum absolute atomic E-state index is 0.165. The first kappa shape index (κ1) is 20.1. The molecule has 4 nitrogen and oxygen atoms in total. The van der Waals surface area contributed by atoms with Crippen LogP contribution in [0.25, 0.3) is 0 Å². The summed E-state index contributed by atoms with van der Waals surface area (Å²) in [6.07, 6.45) is 0.704. The molecule has 0 unspecified atom stereocenters. The second-order valence-corrected chi connectivity index (χ2v) is 6.62. The zero-order chi connectivity index (χ0) is 18.2. The lowest BCUT2D eigenvalue weighted by atomic mass is 10.2. The fourth-order valence-electron chi connectivity index (χ4n) is 2.24. The van der Waals surface area contributed by atoms with E-state index in [-0.39, 0.29) is 6.61 Å². The number of ether oxygens (including phenoxy) is 2. The molecule has 0 heterocycles. The number of methoxy groups -OCH3 is 1. The normalized spacial score (nSPS) is 10.8. The Morgan fingerprint density at radius 3 is 2.44 bits per heavy atom. The molecule has 0 aliphatic heterocycles. The first-order chi connectivity index (χ1) is 12.0. The van der Waals surface area contributed by atoms with Gasteiger partial charge >= 0.3 is 0 Å². The molecule has 2 N–H and O–H groups in total. The highest BCUT2D eigenvalue weighted by atomic mass is 35.5. The molecule has 0 saturated heterocycles. The van der Waals surface area contributed by atoms with Crippen LogP contribution >= 0.6 is 34.8 Å². The Labute approximate surface area is 162 Å². The summed E-state index contributed by atoms with van der Waals surface area (Å²) in [4.78, 5) is 0. The summed E-state index contributed by atoms with van der Waals surface area (Å²) < 4.78 is 11.2. The Bertz CT molecular complexity index is 710. The first-order valence-electron chi connectivity index (χ1n) is 7.80. The van der Waals surface area contributed by atoms with Gasteiger partial charge in [-0.2, -0.15) is 0 Å². The van der Waals surface area contributed by atoms with Gasteiger partial charge < -0.3 is 19.9 Å². The molecule has 2 aromatic rings. The van der Waals surface area contributed by atoms with Crippen molar-refractivity contribution >= 4 is 34.8 Å². The maximum absolute atomic E-state index is 8.80. The van der Waals surface area contributed by atoms with Gasteiger partial charge in [-0.1, -0.05) is 40.9 Å². The van der Waals surface area contributed by atoms with Crippen molar-refractivity contribution in [2.75, 3.05) is 20.3 Å². The maximum atomic E-state index is 8.80. The third-order valence-corrected chi connectivity index (χ3v) is 4.52. The van der Waals surface area contributed by atoms with Crippen LogP contribution in [-0.2, 0) is 13.2 Å². The largest absolute Gasteiger partial charge is 0.493 e. The van der Waals surface area contributed by atoms with Crippen molar-refractivity contribution in [3.63, 3.8) is 0 Å². The molecule has 0 bridgehead atoms. The van der Waals surface area contributed by atoms with Gasteiger partial charge in [-0.15, -0.1) is 0 Å². The number of hydrogen-bond acceptors (Lipinski definition) is 4. The van der Waals surface area contributed by atoms with Gasteiger partial charge in [0.2, 0.25) is 0 Å². The Hall–Kier alpha value is -1.17. The molecule has 2 aromatic carbocycles. The standard InChI is InChI=1S/C18H20Cl3NO3/c1-24-17-9-13(10-22-5-2-6-23)8-16(21)18(17)25-11-12-3-4-14(19)15(20)7-12/h3-4,7-9,22-23H,2,5-6,10-11H2,1H3. The van der Waals surface area contributed by atoms with Crippen LogP contribution in [0.2, 0.25) is 15.1 Å². The van der Waals surface area contributed by atoms with Gasteiger partial charge in [-0.25, -0.2) is 0 Å². The second-order valence-electron chi connectivity index (χ2n) is 5.40. The zero-order valence-corrected chi connectivity index (χ0v) is 16.1. The lowest BCUT2D eigenvalue weighted by Gasteiger charge is -2.15. The molecule has 136 valence electrons. The lowest BCUT2D eigenvalue weighted by Crippen LogP contribution is -2.15. The highest BCUT2D eigenvalue weighted by Crippen LogP contribution is 2.37. The minimum atomic E-state index is 0.165. The lowest BCUT2D eigenvalue weighted by molar-refractivity contribution is 0.284. The number of nitrogens with one attached hydrogen (secondary N) is 1. The van der Waals surface area contributed by atoms with Crippen LogP contribution in [0.4, 0.5) is 0 Å². The van der Waals surface area contributed by atoms with Crippen LogP contribution in [0, 0.1) is 0 Å². The fraction of sp³-hybridized carbons (Fsp3) is 0.333. The molecular formula is C18H20Cl3NO3. The van der Waals surface area contributed by atoms with Crippen molar-refractivity contribution < 1.29 is 14.6 Å². The monoisotopic (exact) mass is 403 g/mol. The highest BCUT2D eigenvalue weighted by Gasteiger charge is 2.13. The smallest absolute Gasteiger partial charge is 0.180 e. The quantitative estimate of drug-likeness (QED) is 0.594. The SMILES string of the molecule is COc1cc(CNCCCO)cc(Cl)c1OCc1ccc(Cl)c(Cl)c1. The zero-order valence-electron chi connectivity index (χ0n) is 13.8. The summed E-state index contributed by atoms with van der Waals surface area (Å²) >= 11 is 18.3.